The van der Waals surface area contributed by atoms with Crippen molar-refractivity contribution in [1.82, 2.24) is 0 Å². The van der Waals surface area contributed by atoms with Crippen LogP contribution in [-0.4, -0.2) is 22.2 Å². The van der Waals surface area contributed by atoms with E-state index in [0.717, 1.165) is 19.3 Å². The molecule has 0 heterocycles. The summed E-state index contributed by atoms with van der Waals surface area (Å²) in [6.07, 6.45) is 6.45. The molecule has 0 aromatic heterocycles. The van der Waals surface area contributed by atoms with Crippen LogP contribution in [0.25, 0.3) is 0 Å². The maximum atomic E-state index is 10.5. The van der Waals surface area contributed by atoms with Crippen LogP contribution in [-0.2, 0) is 9.59 Å². The number of unbranched alkanes of at least 4 members (excludes halogenated alkanes) is 5. The fourth-order valence-corrected chi connectivity index (χ4v) is 1.48. The van der Waals surface area contributed by atoms with Crippen LogP contribution >= 0.6 is 0 Å². The molecule has 0 amide bonds. The van der Waals surface area contributed by atoms with Crippen LogP contribution in [0, 0.1) is 5.92 Å². The van der Waals surface area contributed by atoms with Crippen molar-refractivity contribution in [2.24, 2.45) is 5.92 Å². The van der Waals surface area contributed by atoms with E-state index < -0.39 is 17.9 Å². The first-order chi connectivity index (χ1) is 7.09. The molecule has 0 bridgehead atoms. The number of rotatable bonds is 9. The molecule has 0 aliphatic rings. The average Bonchev–Trinajstić information content (AvgIpc) is 2.15. The summed E-state index contributed by atoms with van der Waals surface area (Å²) < 4.78 is 0. The summed E-state index contributed by atoms with van der Waals surface area (Å²) in [5.74, 6) is -3.68. The van der Waals surface area contributed by atoms with Gasteiger partial charge in [0.1, 0.15) is 0 Å². The van der Waals surface area contributed by atoms with E-state index in [1.807, 2.05) is 0 Å². The zero-order valence-electron chi connectivity index (χ0n) is 13.2. The molecule has 6 heteroatoms. The minimum absolute atomic E-state index is 0. The summed E-state index contributed by atoms with van der Waals surface area (Å²) in [6.45, 7) is 2.13. The first-order valence-electron chi connectivity index (χ1n) is 5.55. The van der Waals surface area contributed by atoms with Gasteiger partial charge in [0.15, 0.2) is 5.92 Å². The summed E-state index contributed by atoms with van der Waals surface area (Å²) >= 11 is 0. The Labute approximate surface area is 171 Å². The maximum absolute atomic E-state index is 10.5. The van der Waals surface area contributed by atoms with E-state index in [1.54, 1.807) is 0 Å². The molecule has 0 rings (SSSR count). The van der Waals surface area contributed by atoms with Gasteiger partial charge in [-0.3, -0.25) is 9.59 Å². The Balaban J connectivity index is -0.000000163. The summed E-state index contributed by atoms with van der Waals surface area (Å²) in [5, 5.41) is 17.2. The number of hydrogen-bond acceptors (Lipinski definition) is 2. The molecule has 0 aromatic carbocycles. The van der Waals surface area contributed by atoms with Crippen LogP contribution in [0.3, 0.4) is 0 Å². The maximum Gasteiger partial charge on any atom is 1.00 e. The second-order valence-electron chi connectivity index (χ2n) is 3.79. The fourth-order valence-electron chi connectivity index (χ4n) is 1.48. The minimum Gasteiger partial charge on any atom is -1.00 e. The van der Waals surface area contributed by atoms with Crippen molar-refractivity contribution in [3.63, 3.8) is 0 Å². The van der Waals surface area contributed by atoms with Gasteiger partial charge in [-0.1, -0.05) is 45.4 Å². The summed E-state index contributed by atoms with van der Waals surface area (Å²) in [6, 6.07) is 0. The van der Waals surface area contributed by atoms with Gasteiger partial charge in [-0.15, -0.1) is 0 Å². The molecule has 4 nitrogen and oxygen atoms in total. The number of aliphatic carboxylic acids is 2. The van der Waals surface area contributed by atoms with E-state index in [0.29, 0.717) is 6.42 Å². The first kappa shape index (κ1) is 23.7. The van der Waals surface area contributed by atoms with Crippen LogP contribution in [0.4, 0.5) is 0 Å². The molecule has 0 saturated carbocycles. The van der Waals surface area contributed by atoms with Crippen molar-refractivity contribution in [3.8, 4) is 0 Å². The monoisotopic (exact) mass is 280 g/mol. The largest absolute Gasteiger partial charge is 1.00 e. The van der Waals surface area contributed by atoms with Crippen LogP contribution in [0.5, 0.6) is 0 Å². The second-order valence-corrected chi connectivity index (χ2v) is 3.79. The topological polar surface area (TPSA) is 74.6 Å². The van der Waals surface area contributed by atoms with E-state index in [9.17, 15) is 9.59 Å². The van der Waals surface area contributed by atoms with Gasteiger partial charge in [0, 0.05) is 0 Å². The molecule has 0 saturated heterocycles. The second kappa shape index (κ2) is 15.6. The number of carboxylic acid groups (broad SMARTS) is 2. The molecular weight excluding hydrogens is 258 g/mol. The molecular formula is C11H22KNaO4. The molecule has 0 atom stereocenters. The van der Waals surface area contributed by atoms with E-state index in [2.05, 4.69) is 6.92 Å². The molecule has 0 unspecified atom stereocenters. The Hall–Kier alpha value is 1.58. The molecule has 0 radical (unpaired) electrons. The predicted octanol–water partition coefficient (Wildman–Crippen LogP) is -3.24. The van der Waals surface area contributed by atoms with Gasteiger partial charge < -0.3 is 13.1 Å². The van der Waals surface area contributed by atoms with Gasteiger partial charge >= 0.3 is 92.9 Å². The standard InChI is InChI=1S/C11H20O4.K.Na.2H/c1-2-3-4-5-6-7-8-9(10(12)13)11(14)15;;;;/h9H,2-8H2,1H3,(H,12,13)(H,14,15);;;;/q;2*+1;2*-1. The quantitative estimate of drug-likeness (QED) is 0.264. The van der Waals surface area contributed by atoms with Crippen molar-refractivity contribution < 1.29 is 104 Å². The SMILES string of the molecule is CCCCCCCCC(C(=O)O)C(=O)O.[H-].[H-].[K+].[Na+]. The Morgan fingerprint density at radius 3 is 1.82 bits per heavy atom. The summed E-state index contributed by atoms with van der Waals surface area (Å²) in [5.41, 5.74) is 0. The smallest absolute Gasteiger partial charge is 1.00 e. The average molecular weight is 280 g/mol. The van der Waals surface area contributed by atoms with Crippen LogP contribution in [0.2, 0.25) is 0 Å². The van der Waals surface area contributed by atoms with Gasteiger partial charge in [-0.2, -0.15) is 0 Å². The van der Waals surface area contributed by atoms with Gasteiger partial charge in [-0.25, -0.2) is 0 Å². The van der Waals surface area contributed by atoms with Crippen molar-refractivity contribution in [3.05, 3.63) is 0 Å². The van der Waals surface area contributed by atoms with Gasteiger partial charge in [0.2, 0.25) is 0 Å². The van der Waals surface area contributed by atoms with E-state index in [4.69, 9.17) is 10.2 Å². The van der Waals surface area contributed by atoms with E-state index in [-0.39, 0.29) is 90.2 Å². The number of hydrogen-bond donors (Lipinski definition) is 2. The zero-order valence-corrected chi connectivity index (χ0v) is 16.4. The van der Waals surface area contributed by atoms with Crippen LogP contribution in [0.1, 0.15) is 54.7 Å². The minimum atomic E-state index is -1.23. The van der Waals surface area contributed by atoms with E-state index in [1.165, 1.54) is 12.8 Å². The third-order valence-electron chi connectivity index (χ3n) is 2.44. The van der Waals surface area contributed by atoms with Crippen LogP contribution < -0.4 is 80.9 Å². The van der Waals surface area contributed by atoms with Gasteiger partial charge in [0.05, 0.1) is 0 Å². The molecule has 0 aliphatic carbocycles. The van der Waals surface area contributed by atoms with Gasteiger partial charge in [0.25, 0.3) is 0 Å². The Kier molecular flexibility index (Phi) is 21.8. The van der Waals surface area contributed by atoms with Crippen molar-refractivity contribution in [2.75, 3.05) is 0 Å². The predicted molar refractivity (Wildman–Crippen MR) is 59.0 cm³/mol. The third kappa shape index (κ3) is 13.8. The first-order valence-corrected chi connectivity index (χ1v) is 5.55. The summed E-state index contributed by atoms with van der Waals surface area (Å²) in [7, 11) is 0. The van der Waals surface area contributed by atoms with Crippen molar-refractivity contribution in [1.29, 1.82) is 0 Å². The van der Waals surface area contributed by atoms with Crippen molar-refractivity contribution in [2.45, 2.75) is 51.9 Å². The molecule has 2 N–H and O–H groups in total. The molecule has 0 fully saturated rings. The molecule has 0 spiro atoms. The molecule has 0 aliphatic heterocycles. The molecule has 17 heavy (non-hydrogen) atoms. The molecule has 92 valence electrons. The fraction of sp³-hybridized carbons (Fsp3) is 0.818. The van der Waals surface area contributed by atoms with E-state index >= 15 is 0 Å². The van der Waals surface area contributed by atoms with Crippen LogP contribution in [0.15, 0.2) is 0 Å². The Morgan fingerprint density at radius 2 is 1.41 bits per heavy atom. The van der Waals surface area contributed by atoms with Crippen molar-refractivity contribution >= 4 is 11.9 Å². The molecule has 0 aromatic rings. The Bertz CT molecular complexity index is 207. The van der Waals surface area contributed by atoms with Gasteiger partial charge in [-0.05, 0) is 6.42 Å². The normalized spacial score (nSPS) is 9.29. The number of carboxylic acids is 2. The zero-order chi connectivity index (χ0) is 11.7. The third-order valence-corrected chi connectivity index (χ3v) is 2.44. The summed E-state index contributed by atoms with van der Waals surface area (Å²) in [4.78, 5) is 21.1. The Morgan fingerprint density at radius 1 is 1.00 bits per heavy atom. The number of carbonyl (C=O) groups is 2.